The fraction of sp³-hybridized carbons (Fsp3) is 0.250. The van der Waals surface area contributed by atoms with E-state index in [1.54, 1.807) is 11.3 Å². The van der Waals surface area contributed by atoms with Gasteiger partial charge < -0.3 is 5.32 Å². The second-order valence-electron chi connectivity index (χ2n) is 5.01. The summed E-state index contributed by atoms with van der Waals surface area (Å²) in [6.07, 6.45) is 0. The molecular weight excluding hydrogens is 280 g/mol. The number of aromatic nitrogens is 3. The molecule has 0 fully saturated rings. The topological polar surface area (TPSA) is 53.6 Å². The van der Waals surface area contributed by atoms with Crippen molar-refractivity contribution in [3.63, 3.8) is 0 Å². The largest absolute Gasteiger partial charge is 0.306 e. The SMILES string of the molecule is Cc1n[nH]c(C)c1CNCc1nc(-c2ccccc2)cs1. The average Bonchev–Trinajstić information content (AvgIpc) is 3.10. The van der Waals surface area contributed by atoms with Crippen molar-refractivity contribution in [3.8, 4) is 11.3 Å². The molecule has 0 atom stereocenters. The number of aryl methyl sites for hydroxylation is 2. The van der Waals surface area contributed by atoms with Crippen LogP contribution in [-0.2, 0) is 13.1 Å². The van der Waals surface area contributed by atoms with Crippen molar-refractivity contribution in [3.05, 3.63) is 57.7 Å². The Bertz CT molecular complexity index is 695. The molecule has 2 aromatic heterocycles. The molecule has 0 aliphatic heterocycles. The molecule has 0 aliphatic carbocycles. The standard InChI is InChI=1S/C16H18N4S/c1-11-14(12(2)20-19-11)8-17-9-16-18-15(10-21-16)13-6-4-3-5-7-13/h3-7,10,17H,8-9H2,1-2H3,(H,19,20). The van der Waals surface area contributed by atoms with Crippen LogP contribution in [0, 0.1) is 13.8 Å². The van der Waals surface area contributed by atoms with Crippen molar-refractivity contribution in [2.24, 2.45) is 0 Å². The minimum absolute atomic E-state index is 0.779. The van der Waals surface area contributed by atoms with Crippen LogP contribution in [0.2, 0.25) is 0 Å². The lowest BCUT2D eigenvalue weighted by atomic mass is 10.2. The van der Waals surface area contributed by atoms with Crippen LogP contribution in [0.25, 0.3) is 11.3 Å². The molecule has 0 amide bonds. The molecule has 1 aromatic carbocycles. The molecule has 0 unspecified atom stereocenters. The van der Waals surface area contributed by atoms with E-state index in [-0.39, 0.29) is 0 Å². The molecule has 4 nitrogen and oxygen atoms in total. The van der Waals surface area contributed by atoms with Gasteiger partial charge in [-0.3, -0.25) is 5.10 Å². The van der Waals surface area contributed by atoms with Gasteiger partial charge in [-0.25, -0.2) is 4.98 Å². The van der Waals surface area contributed by atoms with E-state index >= 15 is 0 Å². The molecule has 0 spiro atoms. The van der Waals surface area contributed by atoms with Gasteiger partial charge in [0.15, 0.2) is 0 Å². The van der Waals surface area contributed by atoms with E-state index in [0.29, 0.717) is 0 Å². The molecule has 0 saturated heterocycles. The summed E-state index contributed by atoms with van der Waals surface area (Å²) < 4.78 is 0. The third-order valence-electron chi connectivity index (χ3n) is 3.48. The minimum Gasteiger partial charge on any atom is -0.306 e. The van der Waals surface area contributed by atoms with Crippen LogP contribution in [0.3, 0.4) is 0 Å². The average molecular weight is 298 g/mol. The molecule has 5 heteroatoms. The van der Waals surface area contributed by atoms with E-state index in [1.807, 2.05) is 32.0 Å². The van der Waals surface area contributed by atoms with Crippen molar-refractivity contribution >= 4 is 11.3 Å². The van der Waals surface area contributed by atoms with Crippen LogP contribution >= 0.6 is 11.3 Å². The Morgan fingerprint density at radius 2 is 1.95 bits per heavy atom. The Morgan fingerprint density at radius 3 is 2.67 bits per heavy atom. The highest BCUT2D eigenvalue weighted by atomic mass is 32.1. The molecule has 3 aromatic rings. The normalized spacial score (nSPS) is 11.0. The fourth-order valence-corrected chi connectivity index (χ4v) is 3.04. The van der Waals surface area contributed by atoms with Crippen LogP contribution in [-0.4, -0.2) is 15.2 Å². The summed E-state index contributed by atoms with van der Waals surface area (Å²) in [7, 11) is 0. The van der Waals surface area contributed by atoms with Crippen LogP contribution in [0.4, 0.5) is 0 Å². The summed E-state index contributed by atoms with van der Waals surface area (Å²) >= 11 is 1.69. The van der Waals surface area contributed by atoms with E-state index in [9.17, 15) is 0 Å². The number of nitrogens with one attached hydrogen (secondary N) is 2. The fourth-order valence-electron chi connectivity index (χ4n) is 2.26. The van der Waals surface area contributed by atoms with Gasteiger partial charge in [0.2, 0.25) is 0 Å². The lowest BCUT2D eigenvalue weighted by Gasteiger charge is -2.02. The molecule has 108 valence electrons. The lowest BCUT2D eigenvalue weighted by molar-refractivity contribution is 0.685. The van der Waals surface area contributed by atoms with Gasteiger partial charge >= 0.3 is 0 Å². The molecule has 2 heterocycles. The number of aromatic amines is 1. The first-order valence-electron chi connectivity index (χ1n) is 6.95. The van der Waals surface area contributed by atoms with Crippen molar-refractivity contribution in [2.45, 2.75) is 26.9 Å². The van der Waals surface area contributed by atoms with Gasteiger partial charge in [-0.15, -0.1) is 11.3 Å². The van der Waals surface area contributed by atoms with E-state index < -0.39 is 0 Å². The number of H-pyrrole nitrogens is 1. The van der Waals surface area contributed by atoms with Crippen molar-refractivity contribution < 1.29 is 0 Å². The first kappa shape index (κ1) is 14.0. The number of thiazole rings is 1. The summed E-state index contributed by atoms with van der Waals surface area (Å²) in [6, 6.07) is 10.3. The lowest BCUT2D eigenvalue weighted by Crippen LogP contribution is -2.13. The van der Waals surface area contributed by atoms with Crippen molar-refractivity contribution in [1.82, 2.24) is 20.5 Å². The molecule has 0 saturated carbocycles. The maximum absolute atomic E-state index is 4.68. The quantitative estimate of drug-likeness (QED) is 0.758. The second-order valence-corrected chi connectivity index (χ2v) is 5.95. The Labute approximate surface area is 128 Å². The van der Waals surface area contributed by atoms with Gasteiger partial charge in [0.25, 0.3) is 0 Å². The molecule has 2 N–H and O–H groups in total. The summed E-state index contributed by atoms with van der Waals surface area (Å²) in [5.74, 6) is 0. The van der Waals surface area contributed by atoms with Gasteiger partial charge in [-0.05, 0) is 13.8 Å². The highest BCUT2D eigenvalue weighted by Crippen LogP contribution is 2.21. The van der Waals surface area contributed by atoms with Crippen molar-refractivity contribution in [2.75, 3.05) is 0 Å². The summed E-state index contributed by atoms with van der Waals surface area (Å²) in [5, 5.41) is 13.9. The minimum atomic E-state index is 0.779. The number of hydrogen-bond acceptors (Lipinski definition) is 4. The zero-order valence-corrected chi connectivity index (χ0v) is 13.0. The van der Waals surface area contributed by atoms with E-state index in [2.05, 4.69) is 38.0 Å². The molecular formula is C16H18N4S. The van der Waals surface area contributed by atoms with Crippen LogP contribution in [0.5, 0.6) is 0 Å². The number of rotatable bonds is 5. The van der Waals surface area contributed by atoms with Crippen LogP contribution in [0.15, 0.2) is 35.7 Å². The van der Waals surface area contributed by atoms with E-state index in [4.69, 9.17) is 0 Å². The summed E-state index contributed by atoms with van der Waals surface area (Å²) in [6.45, 7) is 5.67. The van der Waals surface area contributed by atoms with Gasteiger partial charge in [0.1, 0.15) is 5.01 Å². The maximum atomic E-state index is 4.68. The van der Waals surface area contributed by atoms with E-state index in [0.717, 1.165) is 35.2 Å². The number of nitrogens with zero attached hydrogens (tertiary/aromatic N) is 2. The monoisotopic (exact) mass is 298 g/mol. The zero-order chi connectivity index (χ0) is 14.7. The Balaban J connectivity index is 1.61. The third-order valence-corrected chi connectivity index (χ3v) is 4.33. The van der Waals surface area contributed by atoms with Gasteiger partial charge in [0, 0.05) is 35.3 Å². The first-order chi connectivity index (χ1) is 10.2. The highest BCUT2D eigenvalue weighted by molar-refractivity contribution is 7.09. The number of hydrogen-bond donors (Lipinski definition) is 2. The smallest absolute Gasteiger partial charge is 0.107 e. The third kappa shape index (κ3) is 3.20. The van der Waals surface area contributed by atoms with Crippen molar-refractivity contribution in [1.29, 1.82) is 0 Å². The first-order valence-corrected chi connectivity index (χ1v) is 7.83. The maximum Gasteiger partial charge on any atom is 0.107 e. The Morgan fingerprint density at radius 1 is 1.14 bits per heavy atom. The predicted molar refractivity (Wildman–Crippen MR) is 86.2 cm³/mol. The number of benzene rings is 1. The zero-order valence-electron chi connectivity index (χ0n) is 12.2. The molecule has 0 aliphatic rings. The molecule has 3 rings (SSSR count). The van der Waals surface area contributed by atoms with Crippen LogP contribution < -0.4 is 5.32 Å². The van der Waals surface area contributed by atoms with E-state index in [1.165, 1.54) is 11.1 Å². The molecule has 21 heavy (non-hydrogen) atoms. The van der Waals surface area contributed by atoms with Crippen LogP contribution in [0.1, 0.15) is 22.0 Å². The Kier molecular flexibility index (Phi) is 4.13. The summed E-state index contributed by atoms with van der Waals surface area (Å²) in [4.78, 5) is 4.68. The molecule has 0 bridgehead atoms. The second kappa shape index (κ2) is 6.20. The predicted octanol–water partition coefficient (Wildman–Crippen LogP) is 3.44. The Hall–Kier alpha value is -1.98. The highest BCUT2D eigenvalue weighted by Gasteiger charge is 2.07. The summed E-state index contributed by atoms with van der Waals surface area (Å²) in [5.41, 5.74) is 5.65. The van der Waals surface area contributed by atoms with Gasteiger partial charge in [-0.2, -0.15) is 5.10 Å². The van der Waals surface area contributed by atoms with Gasteiger partial charge in [0.05, 0.1) is 11.4 Å². The van der Waals surface area contributed by atoms with Gasteiger partial charge in [-0.1, -0.05) is 30.3 Å². The molecule has 0 radical (unpaired) electrons.